The zero-order valence-electron chi connectivity index (χ0n) is 12.3. The van der Waals surface area contributed by atoms with Gasteiger partial charge in [0.2, 0.25) is 0 Å². The van der Waals surface area contributed by atoms with E-state index in [0.717, 1.165) is 0 Å². The van der Waals surface area contributed by atoms with Crippen LogP contribution < -0.4 is 0 Å². The van der Waals surface area contributed by atoms with Crippen LogP contribution in [0.3, 0.4) is 0 Å². The van der Waals surface area contributed by atoms with Crippen LogP contribution in [-0.2, 0) is 9.53 Å². The van der Waals surface area contributed by atoms with Crippen LogP contribution in [0.25, 0.3) is 0 Å². The number of carbonyl (C=O) groups is 1. The summed E-state index contributed by atoms with van der Waals surface area (Å²) >= 11 is 0. The Morgan fingerprint density at radius 1 is 1.12 bits per heavy atom. The average Bonchev–Trinajstić information content (AvgIpc) is 2.46. The van der Waals surface area contributed by atoms with Crippen LogP contribution in [0.15, 0.2) is 0 Å². The fourth-order valence-electron chi connectivity index (χ4n) is 3.02. The Morgan fingerprint density at radius 2 is 1.71 bits per heavy atom. The Hall–Kier alpha value is -0.530. The number of ether oxygens (including phenoxy) is 1. The van der Waals surface area contributed by atoms with Gasteiger partial charge in [0.15, 0.2) is 0 Å². The first-order valence-corrected chi connectivity index (χ1v) is 6.81. The first-order valence-electron chi connectivity index (χ1n) is 6.81. The molecule has 17 heavy (non-hydrogen) atoms. The summed E-state index contributed by atoms with van der Waals surface area (Å²) in [6.07, 6.45) is 4.30. The molecule has 2 unspecified atom stereocenters. The lowest BCUT2D eigenvalue weighted by molar-refractivity contribution is -0.156. The minimum atomic E-state index is -0.354. The predicted molar refractivity (Wildman–Crippen MR) is 70.7 cm³/mol. The molecule has 2 nitrogen and oxygen atoms in total. The number of hydrogen-bond acceptors (Lipinski definition) is 2. The second kappa shape index (κ2) is 4.99. The average molecular weight is 240 g/mol. The van der Waals surface area contributed by atoms with Crippen LogP contribution in [0.4, 0.5) is 0 Å². The van der Waals surface area contributed by atoms with E-state index in [9.17, 15) is 4.79 Å². The fourth-order valence-corrected chi connectivity index (χ4v) is 3.02. The van der Waals surface area contributed by atoms with Crippen molar-refractivity contribution in [3.8, 4) is 0 Å². The topological polar surface area (TPSA) is 26.3 Å². The highest BCUT2D eigenvalue weighted by molar-refractivity contribution is 5.70. The molecule has 0 aliphatic heterocycles. The monoisotopic (exact) mass is 240 g/mol. The van der Waals surface area contributed by atoms with Gasteiger partial charge in [0.25, 0.3) is 0 Å². The SMILES string of the molecule is CC(C)(C)OC(=O)CC1CCCC1C(C)(C)C. The van der Waals surface area contributed by atoms with Gasteiger partial charge in [-0.1, -0.05) is 27.2 Å². The molecule has 1 rings (SSSR count). The maximum Gasteiger partial charge on any atom is 0.306 e. The molecule has 0 radical (unpaired) electrons. The molecule has 0 heterocycles. The zero-order chi connectivity index (χ0) is 13.3. The fraction of sp³-hybridized carbons (Fsp3) is 0.933. The van der Waals surface area contributed by atoms with Crippen LogP contribution in [0.5, 0.6) is 0 Å². The summed E-state index contributed by atoms with van der Waals surface area (Å²) in [5, 5.41) is 0. The van der Waals surface area contributed by atoms with E-state index in [-0.39, 0.29) is 11.6 Å². The lowest BCUT2D eigenvalue weighted by Crippen LogP contribution is -2.29. The van der Waals surface area contributed by atoms with E-state index in [1.807, 2.05) is 20.8 Å². The predicted octanol–water partition coefficient (Wildman–Crippen LogP) is 4.18. The molecule has 1 aliphatic carbocycles. The second-order valence-electron chi connectivity index (χ2n) is 7.45. The zero-order valence-corrected chi connectivity index (χ0v) is 12.3. The van der Waals surface area contributed by atoms with Crippen LogP contribution in [0.2, 0.25) is 0 Å². The summed E-state index contributed by atoms with van der Waals surface area (Å²) in [4.78, 5) is 11.9. The molecule has 0 saturated heterocycles. The van der Waals surface area contributed by atoms with Crippen LogP contribution in [0, 0.1) is 17.3 Å². The second-order valence-corrected chi connectivity index (χ2v) is 7.45. The summed E-state index contributed by atoms with van der Waals surface area (Å²) in [7, 11) is 0. The molecule has 1 saturated carbocycles. The van der Waals surface area contributed by atoms with Crippen molar-refractivity contribution >= 4 is 5.97 Å². The smallest absolute Gasteiger partial charge is 0.306 e. The van der Waals surface area contributed by atoms with Crippen LogP contribution in [0.1, 0.15) is 67.2 Å². The number of hydrogen-bond donors (Lipinski definition) is 0. The van der Waals surface area contributed by atoms with Crippen molar-refractivity contribution in [3.63, 3.8) is 0 Å². The highest BCUT2D eigenvalue weighted by Crippen LogP contribution is 2.45. The molecule has 100 valence electrons. The minimum absolute atomic E-state index is 0.0290. The highest BCUT2D eigenvalue weighted by Gasteiger charge is 2.37. The van der Waals surface area contributed by atoms with Crippen LogP contribution in [-0.4, -0.2) is 11.6 Å². The van der Waals surface area contributed by atoms with Crippen molar-refractivity contribution in [3.05, 3.63) is 0 Å². The third kappa shape index (κ3) is 4.69. The van der Waals surface area contributed by atoms with E-state index in [1.54, 1.807) is 0 Å². The van der Waals surface area contributed by atoms with Gasteiger partial charge in [0.1, 0.15) is 5.60 Å². The van der Waals surface area contributed by atoms with E-state index in [1.165, 1.54) is 19.3 Å². The van der Waals surface area contributed by atoms with Crippen molar-refractivity contribution in [2.75, 3.05) is 0 Å². The summed E-state index contributed by atoms with van der Waals surface area (Å²) in [5.41, 5.74) is -0.0455. The molecule has 0 aromatic rings. The van der Waals surface area contributed by atoms with Gasteiger partial charge in [0, 0.05) is 6.42 Å². The molecule has 0 N–H and O–H groups in total. The van der Waals surface area contributed by atoms with E-state index in [2.05, 4.69) is 20.8 Å². The maximum atomic E-state index is 11.9. The molecule has 0 spiro atoms. The van der Waals surface area contributed by atoms with E-state index in [4.69, 9.17) is 4.74 Å². The molecule has 1 fully saturated rings. The summed E-state index contributed by atoms with van der Waals surface area (Å²) in [6, 6.07) is 0. The first-order chi connectivity index (χ1) is 7.59. The van der Waals surface area contributed by atoms with Gasteiger partial charge in [0.05, 0.1) is 0 Å². The van der Waals surface area contributed by atoms with Gasteiger partial charge in [-0.25, -0.2) is 0 Å². The number of carbonyl (C=O) groups excluding carboxylic acids is 1. The molecule has 2 heteroatoms. The van der Waals surface area contributed by atoms with Gasteiger partial charge in [-0.2, -0.15) is 0 Å². The van der Waals surface area contributed by atoms with E-state index >= 15 is 0 Å². The number of rotatable bonds is 2. The molecule has 0 bridgehead atoms. The maximum absolute atomic E-state index is 11.9. The molecular weight excluding hydrogens is 212 g/mol. The normalized spacial score (nSPS) is 26.0. The summed E-state index contributed by atoms with van der Waals surface area (Å²) in [6.45, 7) is 12.6. The minimum Gasteiger partial charge on any atom is -0.460 e. The molecular formula is C15H28O2. The quantitative estimate of drug-likeness (QED) is 0.677. The van der Waals surface area contributed by atoms with Gasteiger partial charge < -0.3 is 4.74 Å². The summed E-state index contributed by atoms with van der Waals surface area (Å²) in [5.74, 6) is 1.15. The van der Waals surface area contributed by atoms with Crippen molar-refractivity contribution < 1.29 is 9.53 Å². The van der Waals surface area contributed by atoms with Crippen LogP contribution >= 0.6 is 0 Å². The standard InChI is InChI=1S/C15H28O2/c1-14(2,3)12-9-7-8-11(12)10-13(16)17-15(4,5)6/h11-12H,7-10H2,1-6H3. The van der Waals surface area contributed by atoms with E-state index < -0.39 is 0 Å². The van der Waals surface area contributed by atoms with Crippen molar-refractivity contribution in [2.24, 2.45) is 17.3 Å². The Labute approximate surface area is 106 Å². The third-order valence-electron chi connectivity index (χ3n) is 3.62. The first kappa shape index (κ1) is 14.5. The molecule has 2 atom stereocenters. The Kier molecular flexibility index (Phi) is 4.27. The van der Waals surface area contributed by atoms with Crippen molar-refractivity contribution in [2.45, 2.75) is 72.8 Å². The van der Waals surface area contributed by atoms with Crippen molar-refractivity contribution in [1.29, 1.82) is 0 Å². The largest absolute Gasteiger partial charge is 0.460 e. The highest BCUT2D eigenvalue weighted by atomic mass is 16.6. The number of esters is 1. The Bertz CT molecular complexity index is 268. The lowest BCUT2D eigenvalue weighted by Gasteiger charge is -2.32. The molecule has 1 aliphatic rings. The lowest BCUT2D eigenvalue weighted by atomic mass is 9.74. The van der Waals surface area contributed by atoms with Gasteiger partial charge in [-0.15, -0.1) is 0 Å². The van der Waals surface area contributed by atoms with Gasteiger partial charge in [-0.3, -0.25) is 4.79 Å². The third-order valence-corrected chi connectivity index (χ3v) is 3.62. The Morgan fingerprint density at radius 3 is 2.18 bits per heavy atom. The van der Waals surface area contributed by atoms with Gasteiger partial charge in [-0.05, 0) is 50.9 Å². The molecule has 0 amide bonds. The van der Waals surface area contributed by atoms with Gasteiger partial charge >= 0.3 is 5.97 Å². The Balaban J connectivity index is 2.54. The molecule has 0 aromatic heterocycles. The molecule has 0 aromatic carbocycles. The van der Waals surface area contributed by atoms with E-state index in [0.29, 0.717) is 23.7 Å². The van der Waals surface area contributed by atoms with Crippen molar-refractivity contribution in [1.82, 2.24) is 0 Å². The summed E-state index contributed by atoms with van der Waals surface area (Å²) < 4.78 is 5.42.